The molecule has 3 aromatic carbocycles. The van der Waals surface area contributed by atoms with E-state index in [4.69, 9.17) is 9.47 Å². The number of hydrogen-bond donors (Lipinski definition) is 6. The smallest absolute Gasteiger partial charge is 0.334 e. The number of esters is 2. The topological polar surface area (TPSA) is 183 Å². The summed E-state index contributed by atoms with van der Waals surface area (Å²) >= 11 is 0. The fourth-order valence-electron chi connectivity index (χ4n) is 11.4. The zero-order chi connectivity index (χ0) is 45.3. The van der Waals surface area contributed by atoms with Gasteiger partial charge >= 0.3 is 11.9 Å². The van der Waals surface area contributed by atoms with Gasteiger partial charge in [-0.3, -0.25) is 9.59 Å². The second-order valence-electron chi connectivity index (χ2n) is 19.1. The van der Waals surface area contributed by atoms with Crippen molar-refractivity contribution < 1.29 is 49.4 Å². The summed E-state index contributed by atoms with van der Waals surface area (Å²) in [5.74, 6) is 3.69. The Morgan fingerprint density at radius 3 is 2.48 bits per heavy atom. The van der Waals surface area contributed by atoms with Gasteiger partial charge in [0.05, 0.1) is 31.2 Å². The van der Waals surface area contributed by atoms with E-state index in [-0.39, 0.29) is 74.0 Å². The number of aliphatic hydroxyl groups excluding tert-OH is 3. The van der Waals surface area contributed by atoms with Crippen molar-refractivity contribution in [2.24, 2.45) is 11.8 Å². The highest BCUT2D eigenvalue weighted by atomic mass is 16.6. The first-order valence-corrected chi connectivity index (χ1v) is 23.4. The zero-order valence-corrected chi connectivity index (χ0v) is 37.3. The van der Waals surface area contributed by atoms with E-state index < -0.39 is 59.0 Å². The first-order valence-electron chi connectivity index (χ1n) is 23.4. The Balaban J connectivity index is 1.39. The number of hydrogen-bond acceptors (Lipinski definition) is 11. The highest BCUT2D eigenvalue weighted by molar-refractivity contribution is 5.89. The van der Waals surface area contributed by atoms with Crippen LogP contribution in [-0.2, 0) is 50.4 Å². The highest BCUT2D eigenvalue weighted by Crippen LogP contribution is 2.49. The molecule has 11 heteroatoms. The molecule has 64 heavy (non-hydrogen) atoms. The summed E-state index contributed by atoms with van der Waals surface area (Å²) in [6.07, 6.45) is 4.24. The number of anilines is 1. The van der Waals surface area contributed by atoms with E-state index in [0.717, 1.165) is 24.0 Å². The number of aliphatic hydroxyl groups is 4. The van der Waals surface area contributed by atoms with Crippen molar-refractivity contribution in [3.05, 3.63) is 99.1 Å². The van der Waals surface area contributed by atoms with E-state index in [9.17, 15) is 35.1 Å². The summed E-state index contributed by atoms with van der Waals surface area (Å²) in [6.45, 7) is 5.44. The van der Waals surface area contributed by atoms with E-state index >= 15 is 4.79 Å². The van der Waals surface area contributed by atoms with E-state index in [2.05, 4.69) is 23.2 Å². The van der Waals surface area contributed by atoms with Crippen molar-refractivity contribution in [2.45, 2.75) is 158 Å². The second-order valence-corrected chi connectivity index (χ2v) is 19.1. The normalized spacial score (nSPS) is 28.2. The van der Waals surface area contributed by atoms with Crippen LogP contribution in [0, 0.1) is 23.7 Å². The molecular weight excluding hydrogens is 811 g/mol. The van der Waals surface area contributed by atoms with E-state index in [0.29, 0.717) is 78.5 Å². The van der Waals surface area contributed by atoms with Gasteiger partial charge in [0.1, 0.15) is 29.0 Å². The number of Topliss-reactive ketones (excluding diaryl/α,β-unsaturated/α-hetero) is 1. The van der Waals surface area contributed by atoms with Gasteiger partial charge in [-0.2, -0.15) is 0 Å². The molecule has 340 valence electrons. The van der Waals surface area contributed by atoms with Crippen molar-refractivity contribution in [1.82, 2.24) is 0 Å². The molecule has 0 saturated heterocycles. The zero-order valence-electron chi connectivity index (χ0n) is 37.3. The Morgan fingerprint density at radius 1 is 0.969 bits per heavy atom. The number of ketones is 1. The lowest BCUT2D eigenvalue weighted by atomic mass is 9.66. The van der Waals surface area contributed by atoms with Gasteiger partial charge in [-0.15, -0.1) is 0 Å². The van der Waals surface area contributed by atoms with Crippen molar-refractivity contribution in [3.8, 4) is 23.3 Å². The summed E-state index contributed by atoms with van der Waals surface area (Å²) in [6, 6.07) is 15.4. The minimum absolute atomic E-state index is 0.0320. The third kappa shape index (κ3) is 8.99. The number of benzene rings is 3. The number of fused-ring (bicyclic) bond motifs is 9. The van der Waals surface area contributed by atoms with Gasteiger partial charge in [0, 0.05) is 59.0 Å². The number of rotatable bonds is 8. The summed E-state index contributed by atoms with van der Waals surface area (Å²) in [7, 11) is 0. The molecular formula is C53H63NO10. The Hall–Kier alpha value is -4.99. The van der Waals surface area contributed by atoms with Gasteiger partial charge < -0.3 is 40.3 Å². The average Bonchev–Trinajstić information content (AvgIpc) is 3.79. The standard InChI is InChI=1S/C53H63NO10/c1-4-15-53(62)41-13-14-45(57)37(23-41)18-32-9-8-10-40(20-32)52(16-6-7-17-52)46(58)26-39-22-34(36-19-33(30-55)21-42(24-36)54-29-31(3)56)11-12-35-28-48(59)64-50-43(5-2)49(60)38(25-44(35)50)27-47(53)63-51(39)61/h8-10,19-21,24-26,31,34-35,37,41,46-47,54-56,58,60,62H,4-7,13-18,22-23,27-30H2,1-3H3. The largest absolute Gasteiger partial charge is 0.507 e. The number of phenols is 1. The summed E-state index contributed by atoms with van der Waals surface area (Å²) in [4.78, 5) is 42.4. The van der Waals surface area contributed by atoms with Crippen LogP contribution in [-0.4, -0.2) is 73.7 Å². The molecule has 3 heterocycles. The lowest BCUT2D eigenvalue weighted by Gasteiger charge is -2.45. The Bertz CT molecular complexity index is 2370. The number of ether oxygens (including phenoxy) is 2. The predicted octanol–water partition coefficient (Wildman–Crippen LogP) is 7.15. The quantitative estimate of drug-likeness (QED) is 0.0769. The van der Waals surface area contributed by atoms with E-state index in [1.54, 1.807) is 25.1 Å². The summed E-state index contributed by atoms with van der Waals surface area (Å²) < 4.78 is 12.6. The third-order valence-corrected chi connectivity index (χ3v) is 14.8. The minimum Gasteiger partial charge on any atom is -0.507 e. The van der Waals surface area contributed by atoms with Crippen molar-refractivity contribution in [1.29, 1.82) is 0 Å². The molecule has 8 rings (SSSR count). The molecule has 0 amide bonds. The minimum atomic E-state index is -1.63. The van der Waals surface area contributed by atoms with Gasteiger partial charge in [-0.05, 0) is 116 Å². The average molecular weight is 874 g/mol. The van der Waals surface area contributed by atoms with Crippen molar-refractivity contribution in [2.75, 3.05) is 11.9 Å². The lowest BCUT2D eigenvalue weighted by Crippen LogP contribution is -2.54. The molecule has 2 saturated carbocycles. The number of carbonyl (C=O) groups is 3. The van der Waals surface area contributed by atoms with Gasteiger partial charge in [0.25, 0.3) is 0 Å². The fourth-order valence-corrected chi connectivity index (χ4v) is 11.4. The maximum Gasteiger partial charge on any atom is 0.334 e. The van der Waals surface area contributed by atoms with E-state index in [1.165, 1.54) is 0 Å². The first-order chi connectivity index (χ1) is 30.7. The molecule has 6 N–H and O–H groups in total. The Kier molecular flexibility index (Phi) is 13.4. The second kappa shape index (κ2) is 18.9. The van der Waals surface area contributed by atoms with Crippen LogP contribution >= 0.6 is 0 Å². The fraction of sp³-hybridized carbons (Fsp3) is 0.528. The highest BCUT2D eigenvalue weighted by Gasteiger charge is 2.50. The molecule has 3 aromatic rings. The Morgan fingerprint density at radius 2 is 1.75 bits per heavy atom. The molecule has 0 radical (unpaired) electrons. The van der Waals surface area contributed by atoms with Crippen LogP contribution in [0.15, 0.2) is 60.2 Å². The molecule has 8 unspecified atom stereocenters. The summed E-state index contributed by atoms with van der Waals surface area (Å²) in [5.41, 5.74) is 3.04. The molecule has 1 spiro atoms. The third-order valence-electron chi connectivity index (χ3n) is 14.8. The van der Waals surface area contributed by atoms with Crippen molar-refractivity contribution in [3.63, 3.8) is 0 Å². The van der Waals surface area contributed by atoms with Crippen LogP contribution in [0.4, 0.5) is 5.69 Å². The Labute approximate surface area is 376 Å². The molecule has 2 fully saturated rings. The van der Waals surface area contributed by atoms with Crippen LogP contribution < -0.4 is 10.1 Å². The van der Waals surface area contributed by atoms with Crippen LogP contribution in [0.25, 0.3) is 0 Å². The molecule has 0 aromatic heterocycles. The van der Waals surface area contributed by atoms with Gasteiger partial charge in [-0.25, -0.2) is 4.79 Å². The van der Waals surface area contributed by atoms with Crippen LogP contribution in [0.1, 0.15) is 142 Å². The molecule has 11 nitrogen and oxygen atoms in total. The number of nitrogens with one attached hydrogen (secondary N) is 1. The number of carbonyl (C=O) groups excluding carboxylic acids is 3. The maximum absolute atomic E-state index is 15.4. The van der Waals surface area contributed by atoms with Gasteiger partial charge in [0.2, 0.25) is 0 Å². The number of phenolic OH excluding ortho intramolecular Hbond substituents is 1. The van der Waals surface area contributed by atoms with Crippen molar-refractivity contribution >= 4 is 23.4 Å². The van der Waals surface area contributed by atoms with Crippen LogP contribution in [0.5, 0.6) is 11.5 Å². The van der Waals surface area contributed by atoms with Gasteiger partial charge in [-0.1, -0.05) is 75.3 Å². The first kappa shape index (κ1) is 45.6. The monoisotopic (exact) mass is 873 g/mol. The predicted molar refractivity (Wildman–Crippen MR) is 242 cm³/mol. The van der Waals surface area contributed by atoms with Crippen LogP contribution in [0.3, 0.4) is 0 Å². The molecule has 8 atom stereocenters. The number of aromatic hydroxyl groups is 1. The SMILES string of the molecule is CCCC1(O)C2CCC(=O)C(Cc3cccc(c3)C3(CCCC3)C(O)C=C3CC(c4cc(CO)cc(NCC(C)O)c4)C#CC4CC(=O)Oc5c4cc(c(O)c5CC)CC1OC3=O)C2. The lowest BCUT2D eigenvalue weighted by molar-refractivity contribution is -0.176. The molecule has 3 aliphatic heterocycles. The molecule has 2 aliphatic carbocycles. The summed E-state index contributed by atoms with van der Waals surface area (Å²) in [5, 5.41) is 61.8. The molecule has 5 aliphatic rings. The van der Waals surface area contributed by atoms with E-state index in [1.807, 2.05) is 44.2 Å². The van der Waals surface area contributed by atoms with Crippen LogP contribution in [0.2, 0.25) is 0 Å². The molecule has 8 bridgehead atoms. The maximum atomic E-state index is 15.4. The van der Waals surface area contributed by atoms with Gasteiger partial charge in [0.15, 0.2) is 0 Å².